The van der Waals surface area contributed by atoms with E-state index in [0.717, 1.165) is 15.8 Å². The van der Waals surface area contributed by atoms with E-state index in [1.807, 2.05) is 19.1 Å². The van der Waals surface area contributed by atoms with Gasteiger partial charge in [0.15, 0.2) is 0 Å². The number of halogens is 1. The summed E-state index contributed by atoms with van der Waals surface area (Å²) in [6.45, 7) is 4.18. The van der Waals surface area contributed by atoms with Gasteiger partial charge >= 0.3 is 0 Å². The van der Waals surface area contributed by atoms with Gasteiger partial charge in [0.25, 0.3) is 5.91 Å². The number of carbonyl (C=O) groups is 1. The van der Waals surface area contributed by atoms with Crippen molar-refractivity contribution in [2.75, 3.05) is 11.1 Å². The predicted octanol–water partition coefficient (Wildman–Crippen LogP) is 5.44. The van der Waals surface area contributed by atoms with Crippen LogP contribution in [0.3, 0.4) is 0 Å². The molecular formula is C19H18ClN3O2S2. The second kappa shape index (κ2) is 9.21. The van der Waals surface area contributed by atoms with Crippen LogP contribution in [-0.2, 0) is 6.61 Å². The van der Waals surface area contributed by atoms with Crippen LogP contribution in [0.4, 0.5) is 5.69 Å². The van der Waals surface area contributed by atoms with Crippen molar-refractivity contribution in [1.29, 1.82) is 0 Å². The Balaban J connectivity index is 1.62. The van der Waals surface area contributed by atoms with E-state index in [-0.39, 0.29) is 5.91 Å². The highest BCUT2D eigenvalue weighted by atomic mass is 35.5. The minimum Gasteiger partial charge on any atom is -0.486 e. The highest BCUT2D eigenvalue weighted by Gasteiger charge is 2.16. The molecule has 0 spiro atoms. The van der Waals surface area contributed by atoms with Gasteiger partial charge in [-0.3, -0.25) is 4.79 Å². The molecule has 2 aromatic heterocycles. The van der Waals surface area contributed by atoms with Gasteiger partial charge in [0.05, 0.1) is 22.6 Å². The number of benzene rings is 1. The van der Waals surface area contributed by atoms with Gasteiger partial charge in [0.2, 0.25) is 0 Å². The summed E-state index contributed by atoms with van der Waals surface area (Å²) in [5.41, 5.74) is 1.34. The second-order valence-electron chi connectivity index (χ2n) is 5.54. The molecule has 8 heteroatoms. The molecule has 0 aliphatic heterocycles. The number of nitrogens with one attached hydrogen (secondary N) is 1. The first-order valence-corrected chi connectivity index (χ1v) is 10.5. The van der Waals surface area contributed by atoms with E-state index in [4.69, 9.17) is 16.3 Å². The van der Waals surface area contributed by atoms with Crippen molar-refractivity contribution in [2.24, 2.45) is 0 Å². The summed E-state index contributed by atoms with van der Waals surface area (Å²) in [7, 11) is 0. The van der Waals surface area contributed by atoms with E-state index < -0.39 is 0 Å². The van der Waals surface area contributed by atoms with Crippen LogP contribution in [0.1, 0.15) is 27.3 Å². The first-order chi connectivity index (χ1) is 13.0. The lowest BCUT2D eigenvalue weighted by atomic mass is 10.3. The van der Waals surface area contributed by atoms with Crippen LogP contribution in [0.5, 0.6) is 5.75 Å². The lowest BCUT2D eigenvalue weighted by Crippen LogP contribution is -2.11. The summed E-state index contributed by atoms with van der Waals surface area (Å²) in [6, 6.07) is 10.9. The molecule has 1 N–H and O–H groups in total. The van der Waals surface area contributed by atoms with Gasteiger partial charge in [-0.2, -0.15) is 0 Å². The van der Waals surface area contributed by atoms with Crippen molar-refractivity contribution < 1.29 is 9.53 Å². The molecular weight excluding hydrogens is 402 g/mol. The van der Waals surface area contributed by atoms with Crippen molar-refractivity contribution in [3.05, 3.63) is 63.2 Å². The minimum atomic E-state index is -0.194. The number of carbonyl (C=O) groups excluding carboxylic acids is 1. The van der Waals surface area contributed by atoms with Gasteiger partial charge in [-0.05, 0) is 49.1 Å². The number of anilines is 1. The maximum Gasteiger partial charge on any atom is 0.267 e. The highest BCUT2D eigenvalue weighted by molar-refractivity contribution is 7.99. The summed E-state index contributed by atoms with van der Waals surface area (Å²) in [6.07, 6.45) is 1.66. The van der Waals surface area contributed by atoms with E-state index in [2.05, 4.69) is 22.2 Å². The molecule has 0 aliphatic carbocycles. The van der Waals surface area contributed by atoms with Crippen LogP contribution >= 0.6 is 34.7 Å². The van der Waals surface area contributed by atoms with Crippen molar-refractivity contribution >= 4 is 46.3 Å². The molecule has 1 aromatic carbocycles. The fourth-order valence-corrected chi connectivity index (χ4v) is 3.86. The Hall–Kier alpha value is -2.09. The number of nitrogens with zero attached hydrogens (tertiary/aromatic N) is 2. The zero-order valence-electron chi connectivity index (χ0n) is 14.9. The predicted molar refractivity (Wildman–Crippen MR) is 111 cm³/mol. The van der Waals surface area contributed by atoms with E-state index >= 15 is 0 Å². The number of hydrogen-bond donors (Lipinski definition) is 1. The lowest BCUT2D eigenvalue weighted by Gasteiger charge is -2.04. The Morgan fingerprint density at radius 3 is 2.70 bits per heavy atom. The normalized spacial score (nSPS) is 10.6. The molecule has 0 saturated heterocycles. The Bertz CT molecular complexity index is 912. The van der Waals surface area contributed by atoms with Crippen LogP contribution < -0.4 is 10.1 Å². The van der Waals surface area contributed by atoms with Crippen molar-refractivity contribution in [1.82, 2.24) is 9.97 Å². The molecule has 27 heavy (non-hydrogen) atoms. The number of aromatic nitrogens is 2. The maximum atomic E-state index is 12.5. The summed E-state index contributed by atoms with van der Waals surface area (Å²) >= 11 is 8.84. The number of thioether (sulfide) groups is 1. The minimum absolute atomic E-state index is 0.194. The van der Waals surface area contributed by atoms with Gasteiger partial charge in [-0.1, -0.05) is 18.5 Å². The van der Waals surface area contributed by atoms with Gasteiger partial charge in [0.1, 0.15) is 22.2 Å². The molecule has 3 rings (SSSR count). The molecule has 0 bridgehead atoms. The molecule has 1 amide bonds. The zero-order chi connectivity index (χ0) is 19.2. The fourth-order valence-electron chi connectivity index (χ4n) is 2.28. The monoisotopic (exact) mass is 419 g/mol. The third-order valence-electron chi connectivity index (χ3n) is 3.51. The Morgan fingerprint density at radius 2 is 2.04 bits per heavy atom. The molecule has 0 aliphatic rings. The number of hydrogen-bond acceptors (Lipinski definition) is 6. The zero-order valence-corrected chi connectivity index (χ0v) is 17.2. The Labute approximate surface area is 171 Å². The van der Waals surface area contributed by atoms with Crippen molar-refractivity contribution in [3.8, 4) is 5.75 Å². The molecule has 3 aromatic rings. The summed E-state index contributed by atoms with van der Waals surface area (Å²) in [5.74, 6) is 1.47. The van der Waals surface area contributed by atoms with Crippen LogP contribution in [0.15, 0.2) is 47.6 Å². The average molecular weight is 420 g/mol. The number of rotatable bonds is 7. The quantitative estimate of drug-likeness (QED) is 0.516. The van der Waals surface area contributed by atoms with Gasteiger partial charge in [-0.25, -0.2) is 9.97 Å². The number of thiazole rings is 1. The largest absolute Gasteiger partial charge is 0.486 e. The smallest absolute Gasteiger partial charge is 0.267 e. The highest BCUT2D eigenvalue weighted by Crippen LogP contribution is 2.23. The number of amides is 1. The third-order valence-corrected chi connectivity index (χ3v) is 5.72. The molecule has 5 nitrogen and oxygen atoms in total. The topological polar surface area (TPSA) is 64.1 Å². The first-order valence-electron chi connectivity index (χ1n) is 8.30. The summed E-state index contributed by atoms with van der Waals surface area (Å²) in [5, 5.41) is 5.19. The molecule has 0 atom stereocenters. The van der Waals surface area contributed by atoms with Crippen molar-refractivity contribution in [3.63, 3.8) is 0 Å². The first kappa shape index (κ1) is 19.7. The SMILES string of the molecule is CCSc1ccc(NC(=O)c2sc(COc3ccc(Cl)cc3)nc2C)cn1. The molecule has 0 unspecified atom stereocenters. The molecule has 0 radical (unpaired) electrons. The number of pyridine rings is 1. The maximum absolute atomic E-state index is 12.5. The number of aryl methyl sites for hydroxylation is 1. The van der Waals surface area contributed by atoms with Gasteiger partial charge < -0.3 is 10.1 Å². The number of ether oxygens (including phenoxy) is 1. The molecule has 0 fully saturated rings. The van der Waals surface area contributed by atoms with Crippen molar-refractivity contribution in [2.45, 2.75) is 25.5 Å². The fraction of sp³-hybridized carbons (Fsp3) is 0.211. The van der Waals surface area contributed by atoms with Crippen LogP contribution in [0.2, 0.25) is 5.02 Å². The van der Waals surface area contributed by atoms with E-state index in [0.29, 0.717) is 33.6 Å². The van der Waals surface area contributed by atoms with E-state index in [9.17, 15) is 4.79 Å². The van der Waals surface area contributed by atoms with Crippen LogP contribution in [0, 0.1) is 6.92 Å². The Kier molecular flexibility index (Phi) is 6.71. The molecule has 2 heterocycles. The average Bonchev–Trinajstić information content (AvgIpc) is 3.04. The van der Waals surface area contributed by atoms with E-state index in [1.165, 1.54) is 11.3 Å². The Morgan fingerprint density at radius 1 is 1.26 bits per heavy atom. The summed E-state index contributed by atoms with van der Waals surface area (Å²) < 4.78 is 5.69. The van der Waals surface area contributed by atoms with Gasteiger partial charge in [0, 0.05) is 5.02 Å². The summed E-state index contributed by atoms with van der Waals surface area (Å²) in [4.78, 5) is 21.9. The lowest BCUT2D eigenvalue weighted by molar-refractivity contribution is 0.102. The second-order valence-corrected chi connectivity index (χ2v) is 8.34. The van der Waals surface area contributed by atoms with Crippen LogP contribution in [-0.4, -0.2) is 21.6 Å². The standard InChI is InChI=1S/C19H18ClN3O2S2/c1-3-26-16-9-6-14(10-21-16)23-19(24)18-12(2)22-17(27-18)11-25-15-7-4-13(20)5-8-15/h4-10H,3,11H2,1-2H3,(H,23,24). The molecule has 140 valence electrons. The third kappa shape index (κ3) is 5.45. The van der Waals surface area contributed by atoms with E-state index in [1.54, 1.807) is 42.2 Å². The van der Waals surface area contributed by atoms with Gasteiger partial charge in [-0.15, -0.1) is 23.1 Å². The van der Waals surface area contributed by atoms with Crippen LogP contribution in [0.25, 0.3) is 0 Å². The molecule has 0 saturated carbocycles.